The summed E-state index contributed by atoms with van der Waals surface area (Å²) in [5.74, 6) is 0. The molecule has 2 heterocycles. The molecular weight excluding hydrogens is 427 g/mol. The van der Waals surface area contributed by atoms with Crippen molar-refractivity contribution < 1.29 is 11.5 Å². The Morgan fingerprint density at radius 2 is 1.10 bits per heavy atom. The van der Waals surface area contributed by atoms with E-state index in [1.54, 1.807) is 30.7 Å². The Hall–Kier alpha value is -2.80. The van der Waals surface area contributed by atoms with Gasteiger partial charge < -0.3 is 10.0 Å². The topological polar surface area (TPSA) is 66.2 Å². The molecule has 0 aliphatic carbocycles. The molecule has 0 unspecified atom stereocenters. The van der Waals surface area contributed by atoms with E-state index in [4.69, 9.17) is 10.0 Å². The van der Waals surface area contributed by atoms with Crippen molar-refractivity contribution in [2.45, 2.75) is 7.43 Å². The van der Waals surface area contributed by atoms with Crippen LogP contribution in [0, 0.1) is 0 Å². The van der Waals surface area contributed by atoms with Crippen LogP contribution in [0.2, 0.25) is 0 Å². The number of halogens is 1. The van der Waals surface area contributed by atoms with E-state index in [1.165, 1.54) is 5.56 Å². The maximum absolute atomic E-state index is 8.93. The van der Waals surface area contributed by atoms with Gasteiger partial charge >= 0.3 is 7.12 Å². The predicted octanol–water partition coefficient (Wildman–Crippen LogP) is 4.82. The first-order chi connectivity index (χ1) is 13.6. The van der Waals surface area contributed by atoms with Crippen molar-refractivity contribution in [3.05, 3.63) is 102 Å². The van der Waals surface area contributed by atoms with Gasteiger partial charge in [-0.1, -0.05) is 71.9 Å². The Kier molecular flexibility index (Phi) is 8.74. The summed E-state index contributed by atoms with van der Waals surface area (Å²) in [5.41, 5.74) is 4.85. The van der Waals surface area contributed by atoms with Gasteiger partial charge in [0, 0.05) is 30.7 Å². The summed E-state index contributed by atoms with van der Waals surface area (Å²) in [6.45, 7) is 0. The zero-order valence-corrected chi connectivity index (χ0v) is 16.6. The van der Waals surface area contributed by atoms with Crippen molar-refractivity contribution in [1.82, 2.24) is 9.97 Å². The second-order valence-corrected chi connectivity index (χ2v) is 6.90. The average Bonchev–Trinajstić information content (AvgIpc) is 2.76. The number of benzene rings is 2. The lowest BCUT2D eigenvalue weighted by molar-refractivity contribution is 0.426. The number of hydrogen-bond acceptors (Lipinski definition) is 4. The Bertz CT molecular complexity index is 987. The third-order valence-corrected chi connectivity index (χ3v) is 4.57. The highest BCUT2D eigenvalue weighted by molar-refractivity contribution is 9.10. The van der Waals surface area contributed by atoms with E-state index in [0.717, 1.165) is 21.2 Å². The van der Waals surface area contributed by atoms with E-state index in [9.17, 15) is 0 Å². The minimum absolute atomic E-state index is 0. The first kappa shape index (κ1) is 22.5. The molecule has 0 aliphatic rings. The second kappa shape index (κ2) is 11.3. The highest BCUT2D eigenvalue weighted by Gasteiger charge is 2.09. The van der Waals surface area contributed by atoms with E-state index in [0.29, 0.717) is 5.46 Å². The molecule has 4 aromatic rings. The Balaban J connectivity index is 0.000000284. The van der Waals surface area contributed by atoms with E-state index >= 15 is 0 Å². The molecule has 2 aromatic carbocycles. The van der Waals surface area contributed by atoms with Gasteiger partial charge in [0.15, 0.2) is 0 Å². The van der Waals surface area contributed by atoms with Crippen molar-refractivity contribution in [1.29, 1.82) is 0 Å². The lowest BCUT2D eigenvalue weighted by Crippen LogP contribution is -2.29. The second-order valence-electron chi connectivity index (χ2n) is 5.99. The zero-order chi connectivity index (χ0) is 19.8. The van der Waals surface area contributed by atoms with Crippen LogP contribution in [0.1, 0.15) is 8.85 Å². The van der Waals surface area contributed by atoms with Crippen molar-refractivity contribution in [2.75, 3.05) is 0 Å². The summed E-state index contributed by atoms with van der Waals surface area (Å²) >= 11 is 3.40. The summed E-state index contributed by atoms with van der Waals surface area (Å²) in [4.78, 5) is 8.09. The van der Waals surface area contributed by atoms with Gasteiger partial charge in [-0.05, 0) is 52.0 Å². The normalized spacial score (nSPS) is 9.62. The molecule has 4 nitrogen and oxygen atoms in total. The van der Waals surface area contributed by atoms with Crippen LogP contribution < -0.4 is 5.46 Å². The lowest BCUT2D eigenvalue weighted by Gasteiger charge is -2.02. The molecule has 0 saturated heterocycles. The summed E-state index contributed by atoms with van der Waals surface area (Å²) in [6.07, 6.45) is 7.13. The molecule has 0 radical (unpaired) electrons. The summed E-state index contributed by atoms with van der Waals surface area (Å²) < 4.78 is 1.10. The summed E-state index contributed by atoms with van der Waals surface area (Å²) in [5, 5.41) is 17.9. The van der Waals surface area contributed by atoms with Gasteiger partial charge in [0.1, 0.15) is 0 Å². The first-order valence-electron chi connectivity index (χ1n) is 8.66. The SMILES string of the molecule is Brc1ccc(-c2cccnc2)cc1.C.OB(O)c1ccc(-c2cccnc2)cc1.[2HH]. The predicted molar refractivity (Wildman–Crippen MR) is 126 cm³/mol. The third kappa shape index (κ3) is 6.64. The molecule has 0 saturated carbocycles. The molecule has 6 heteroatoms. The van der Waals surface area contributed by atoms with Crippen LogP contribution in [0.5, 0.6) is 0 Å². The highest BCUT2D eigenvalue weighted by atomic mass is 79.9. The fraction of sp³-hybridized carbons (Fsp3) is 0.0435. The molecule has 0 atom stereocenters. The summed E-state index contributed by atoms with van der Waals surface area (Å²) in [7, 11) is -1.41. The lowest BCUT2D eigenvalue weighted by atomic mass is 9.80. The van der Waals surface area contributed by atoms with Crippen molar-refractivity contribution in [3.8, 4) is 22.3 Å². The number of rotatable bonds is 3. The maximum Gasteiger partial charge on any atom is 0.488 e. The monoisotopic (exact) mass is 451 g/mol. The summed E-state index contributed by atoms with van der Waals surface area (Å²) in [6, 6.07) is 23.1. The average molecular weight is 452 g/mol. The molecule has 0 fully saturated rings. The van der Waals surface area contributed by atoms with Gasteiger partial charge in [-0.3, -0.25) is 9.97 Å². The molecule has 29 heavy (non-hydrogen) atoms. The van der Waals surface area contributed by atoms with Crippen LogP contribution in [0.4, 0.5) is 0 Å². The Morgan fingerprint density at radius 1 is 0.655 bits per heavy atom. The van der Waals surface area contributed by atoms with Crippen LogP contribution in [0.3, 0.4) is 0 Å². The standard InChI is InChI=1S/C11H10BNO2.C11H8BrN.CH4.H2/c14-12(15)11-5-3-9(4-6-11)10-2-1-7-13-8-10;12-11-5-3-9(4-6-11)10-2-1-7-13-8-10;;/h1-8,14-15H;1-8H;1H4;1H/i;;;1+1. The van der Waals surface area contributed by atoms with Gasteiger partial charge in [0.25, 0.3) is 0 Å². The molecule has 0 aliphatic heterocycles. The fourth-order valence-electron chi connectivity index (χ4n) is 2.56. The van der Waals surface area contributed by atoms with Gasteiger partial charge in [0.2, 0.25) is 0 Å². The number of nitrogens with zero attached hydrogens (tertiary/aromatic N) is 2. The highest BCUT2D eigenvalue weighted by Crippen LogP contribution is 2.20. The smallest absolute Gasteiger partial charge is 0.423 e. The van der Waals surface area contributed by atoms with Crippen molar-refractivity contribution in [3.63, 3.8) is 0 Å². The van der Waals surface area contributed by atoms with Crippen LogP contribution in [-0.4, -0.2) is 27.1 Å². The van der Waals surface area contributed by atoms with Crippen LogP contribution in [-0.2, 0) is 0 Å². The van der Waals surface area contributed by atoms with E-state index in [2.05, 4.69) is 44.1 Å². The minimum atomic E-state index is -1.41. The van der Waals surface area contributed by atoms with Crippen LogP contribution in [0.15, 0.2) is 102 Å². The van der Waals surface area contributed by atoms with Gasteiger partial charge in [-0.25, -0.2) is 0 Å². The molecule has 2 aromatic heterocycles. The minimum Gasteiger partial charge on any atom is -0.423 e. The van der Waals surface area contributed by atoms with Crippen LogP contribution >= 0.6 is 15.9 Å². The molecular formula is C23H24BBrN2O2. The third-order valence-electron chi connectivity index (χ3n) is 4.04. The van der Waals surface area contributed by atoms with Gasteiger partial charge in [-0.15, -0.1) is 0 Å². The van der Waals surface area contributed by atoms with Crippen molar-refractivity contribution in [2.24, 2.45) is 0 Å². The Labute approximate surface area is 181 Å². The number of hydrogen-bond donors (Lipinski definition) is 2. The quantitative estimate of drug-likeness (QED) is 0.438. The molecule has 4 rings (SSSR count). The van der Waals surface area contributed by atoms with E-state index in [1.807, 2.05) is 48.7 Å². The maximum atomic E-state index is 8.93. The Morgan fingerprint density at radius 3 is 1.48 bits per heavy atom. The zero-order valence-electron chi connectivity index (χ0n) is 15.0. The largest absolute Gasteiger partial charge is 0.488 e. The number of aromatic nitrogens is 2. The first-order valence-corrected chi connectivity index (χ1v) is 9.45. The van der Waals surface area contributed by atoms with E-state index in [-0.39, 0.29) is 8.85 Å². The molecule has 0 amide bonds. The van der Waals surface area contributed by atoms with Crippen LogP contribution in [0.25, 0.3) is 22.3 Å². The van der Waals surface area contributed by atoms with Gasteiger partial charge in [-0.2, -0.15) is 0 Å². The molecule has 2 N–H and O–H groups in total. The van der Waals surface area contributed by atoms with E-state index < -0.39 is 7.12 Å². The van der Waals surface area contributed by atoms with Gasteiger partial charge in [0.05, 0.1) is 0 Å². The molecule has 0 bridgehead atoms. The molecule has 0 spiro atoms. The molecule has 148 valence electrons. The van der Waals surface area contributed by atoms with Crippen molar-refractivity contribution >= 4 is 28.5 Å². The number of pyridine rings is 2. The fourth-order valence-corrected chi connectivity index (χ4v) is 2.82.